The molecule has 0 aromatic heterocycles. The van der Waals surface area contributed by atoms with Gasteiger partial charge in [0.15, 0.2) is 0 Å². The summed E-state index contributed by atoms with van der Waals surface area (Å²) in [7, 11) is -0.450. The lowest BCUT2D eigenvalue weighted by Gasteiger charge is -2.00. The summed E-state index contributed by atoms with van der Waals surface area (Å²) in [6.45, 7) is 0. The molecular weight excluding hydrogens is 168 g/mol. The molecule has 0 radical (unpaired) electrons. The maximum atomic E-state index is 10.7. The summed E-state index contributed by atoms with van der Waals surface area (Å²) in [4.78, 5) is 10.6. The van der Waals surface area contributed by atoms with Crippen molar-refractivity contribution in [1.29, 1.82) is 0 Å². The lowest BCUT2D eigenvalue weighted by atomic mass is 10.5. The monoisotopic (exact) mass is 180 g/mol. The predicted molar refractivity (Wildman–Crippen MR) is 41.5 cm³/mol. The maximum absolute atomic E-state index is 10.7. The molecule has 0 saturated carbocycles. The third kappa shape index (κ3) is 4.74. The molecule has 66 valence electrons. The molecule has 6 heteroatoms. The Hall–Kier alpha value is -0.620. The molecule has 0 bridgehead atoms. The fourth-order valence-corrected chi connectivity index (χ4v) is 1.11. The molecule has 5 nitrogen and oxygen atoms in total. The minimum atomic E-state index is -3.24. The fraction of sp³-hybridized carbons (Fsp3) is 0.800. The van der Waals surface area contributed by atoms with Crippen LogP contribution in [0.15, 0.2) is 0 Å². The average molecular weight is 180 g/mol. The van der Waals surface area contributed by atoms with Gasteiger partial charge in [0.2, 0.25) is 15.9 Å². The number of hydrogen-bond donors (Lipinski definition) is 2. The number of rotatable bonds is 4. The number of hydrogen-bond acceptors (Lipinski definition) is 3. The van der Waals surface area contributed by atoms with Gasteiger partial charge < -0.3 is 5.32 Å². The molecule has 0 aliphatic carbocycles. The van der Waals surface area contributed by atoms with Gasteiger partial charge in [0, 0.05) is 13.5 Å². The Morgan fingerprint density at radius 3 is 2.27 bits per heavy atom. The van der Waals surface area contributed by atoms with Gasteiger partial charge in [-0.2, -0.15) is 0 Å². The number of carbonyl (C=O) groups excluding carboxylic acids is 1. The molecule has 0 heterocycles. The van der Waals surface area contributed by atoms with Crippen molar-refractivity contribution in [3.05, 3.63) is 0 Å². The van der Waals surface area contributed by atoms with Crippen molar-refractivity contribution in [2.75, 3.05) is 19.8 Å². The Morgan fingerprint density at radius 1 is 1.36 bits per heavy atom. The van der Waals surface area contributed by atoms with Gasteiger partial charge in [0.05, 0.1) is 5.75 Å². The average Bonchev–Trinajstić information content (AvgIpc) is 2.00. The lowest BCUT2D eigenvalue weighted by molar-refractivity contribution is -0.120. The molecule has 0 aliphatic rings. The largest absolute Gasteiger partial charge is 0.359 e. The van der Waals surface area contributed by atoms with E-state index in [0.29, 0.717) is 0 Å². The Labute approximate surface area is 66.2 Å². The van der Waals surface area contributed by atoms with Crippen molar-refractivity contribution < 1.29 is 13.2 Å². The first-order chi connectivity index (χ1) is 5.02. The highest BCUT2D eigenvalue weighted by atomic mass is 32.2. The zero-order valence-corrected chi connectivity index (χ0v) is 7.36. The Balaban J connectivity index is 3.80. The molecule has 0 fully saturated rings. The first-order valence-electron chi connectivity index (χ1n) is 3.13. The summed E-state index contributed by atoms with van der Waals surface area (Å²) in [5, 5.41) is 2.33. The topological polar surface area (TPSA) is 75.3 Å². The first kappa shape index (κ1) is 10.4. The lowest BCUT2D eigenvalue weighted by Crippen LogP contribution is -2.27. The van der Waals surface area contributed by atoms with E-state index in [4.69, 9.17) is 0 Å². The SMILES string of the molecule is CNC(=O)CCS(=O)(=O)NC. The van der Waals surface area contributed by atoms with Gasteiger partial charge in [0.1, 0.15) is 0 Å². The maximum Gasteiger partial charge on any atom is 0.220 e. The van der Waals surface area contributed by atoms with Crippen LogP contribution in [0.3, 0.4) is 0 Å². The molecule has 11 heavy (non-hydrogen) atoms. The van der Waals surface area contributed by atoms with Gasteiger partial charge in [-0.05, 0) is 7.05 Å². The molecule has 0 unspecified atom stereocenters. The Bertz CT molecular complexity index is 222. The Kier molecular flexibility index (Phi) is 4.06. The van der Waals surface area contributed by atoms with Crippen LogP contribution >= 0.6 is 0 Å². The van der Waals surface area contributed by atoms with Crippen molar-refractivity contribution >= 4 is 15.9 Å². The van der Waals surface area contributed by atoms with E-state index in [1.807, 2.05) is 0 Å². The van der Waals surface area contributed by atoms with Crippen molar-refractivity contribution in [3.63, 3.8) is 0 Å². The highest BCUT2D eigenvalue weighted by molar-refractivity contribution is 7.89. The molecule has 0 aliphatic heterocycles. The van der Waals surface area contributed by atoms with E-state index in [1.165, 1.54) is 14.1 Å². The summed E-state index contributed by atoms with van der Waals surface area (Å²) >= 11 is 0. The summed E-state index contributed by atoms with van der Waals surface area (Å²) in [6, 6.07) is 0. The molecule has 0 saturated heterocycles. The molecule has 2 N–H and O–H groups in total. The summed E-state index contributed by atoms with van der Waals surface area (Å²) in [6.07, 6.45) is -0.000324. The van der Waals surface area contributed by atoms with Crippen LogP contribution in [0, 0.1) is 0 Å². The van der Waals surface area contributed by atoms with Crippen LogP contribution in [0.1, 0.15) is 6.42 Å². The van der Waals surface area contributed by atoms with Crippen LogP contribution in [-0.2, 0) is 14.8 Å². The van der Waals surface area contributed by atoms with Crippen LogP contribution in [0.25, 0.3) is 0 Å². The molecular formula is C5H12N2O3S. The smallest absolute Gasteiger partial charge is 0.220 e. The molecule has 1 amide bonds. The predicted octanol–water partition coefficient (Wildman–Crippen LogP) is -1.33. The number of amides is 1. The van der Waals surface area contributed by atoms with E-state index in [0.717, 1.165) is 0 Å². The normalized spacial score (nSPS) is 11.1. The third-order valence-corrected chi connectivity index (χ3v) is 2.55. The van der Waals surface area contributed by atoms with Gasteiger partial charge in [-0.1, -0.05) is 0 Å². The van der Waals surface area contributed by atoms with Crippen LogP contribution in [-0.4, -0.2) is 34.2 Å². The van der Waals surface area contributed by atoms with E-state index in [2.05, 4.69) is 10.0 Å². The minimum Gasteiger partial charge on any atom is -0.359 e. The minimum absolute atomic E-state index is 0.000324. The van der Waals surface area contributed by atoms with Gasteiger partial charge in [0.25, 0.3) is 0 Å². The molecule has 0 spiro atoms. The van der Waals surface area contributed by atoms with E-state index < -0.39 is 10.0 Å². The van der Waals surface area contributed by atoms with E-state index in [-0.39, 0.29) is 18.1 Å². The quantitative estimate of drug-likeness (QED) is 0.563. The van der Waals surface area contributed by atoms with Crippen molar-refractivity contribution in [3.8, 4) is 0 Å². The van der Waals surface area contributed by atoms with E-state index in [1.54, 1.807) is 0 Å². The van der Waals surface area contributed by atoms with Crippen LogP contribution in [0.2, 0.25) is 0 Å². The van der Waals surface area contributed by atoms with Crippen LogP contribution in [0.4, 0.5) is 0 Å². The third-order valence-electron chi connectivity index (χ3n) is 1.19. The number of carbonyl (C=O) groups is 1. The van der Waals surface area contributed by atoms with Gasteiger partial charge in [-0.25, -0.2) is 13.1 Å². The van der Waals surface area contributed by atoms with Crippen LogP contribution < -0.4 is 10.0 Å². The zero-order chi connectivity index (χ0) is 8.91. The number of sulfonamides is 1. The van der Waals surface area contributed by atoms with Gasteiger partial charge in [-0.15, -0.1) is 0 Å². The van der Waals surface area contributed by atoms with Crippen molar-refractivity contribution in [1.82, 2.24) is 10.0 Å². The highest BCUT2D eigenvalue weighted by Gasteiger charge is 2.08. The second-order valence-electron chi connectivity index (χ2n) is 1.95. The standard InChI is InChI=1S/C5H12N2O3S/c1-6-5(8)3-4-11(9,10)7-2/h7H,3-4H2,1-2H3,(H,6,8). The van der Waals surface area contributed by atoms with E-state index in [9.17, 15) is 13.2 Å². The van der Waals surface area contributed by atoms with Gasteiger partial charge >= 0.3 is 0 Å². The molecule has 0 atom stereocenters. The summed E-state index contributed by atoms with van der Waals surface area (Å²) < 4.78 is 23.6. The number of nitrogens with one attached hydrogen (secondary N) is 2. The highest BCUT2D eigenvalue weighted by Crippen LogP contribution is 1.87. The first-order valence-corrected chi connectivity index (χ1v) is 4.79. The fourth-order valence-electron chi connectivity index (χ4n) is 0.454. The second kappa shape index (κ2) is 4.30. The summed E-state index contributed by atoms with van der Waals surface area (Å²) in [5.74, 6) is -0.438. The molecule has 0 aromatic rings. The summed E-state index contributed by atoms with van der Waals surface area (Å²) in [5.41, 5.74) is 0. The zero-order valence-electron chi connectivity index (χ0n) is 6.55. The van der Waals surface area contributed by atoms with Gasteiger partial charge in [-0.3, -0.25) is 4.79 Å². The van der Waals surface area contributed by atoms with Crippen molar-refractivity contribution in [2.24, 2.45) is 0 Å². The van der Waals surface area contributed by atoms with Crippen molar-refractivity contribution in [2.45, 2.75) is 6.42 Å². The second-order valence-corrected chi connectivity index (χ2v) is 3.99. The van der Waals surface area contributed by atoms with Crippen LogP contribution in [0.5, 0.6) is 0 Å². The molecule has 0 rings (SSSR count). The molecule has 0 aromatic carbocycles. The Morgan fingerprint density at radius 2 is 1.91 bits per heavy atom. The van der Waals surface area contributed by atoms with E-state index >= 15 is 0 Å².